The monoisotopic (exact) mass is 431 g/mol. The molecule has 1 aliphatic rings. The fourth-order valence-corrected chi connectivity index (χ4v) is 3.73. The molecule has 0 aliphatic carbocycles. The Balaban J connectivity index is 2.10. The van der Waals surface area contributed by atoms with Crippen LogP contribution in [0.25, 0.3) is 0 Å². The van der Waals surface area contributed by atoms with Gasteiger partial charge in [0, 0.05) is 24.4 Å². The normalized spacial score (nSPS) is 19.4. The van der Waals surface area contributed by atoms with E-state index in [2.05, 4.69) is 38.6 Å². The SMILES string of the molecule is [CH2][C@H]1CCCN(C(=O)[C@H](Cc2nc(Br)cs2)NC(=O)OC(C)(C)C)N1. The number of nitrogens with zero attached hydrogens (tertiary/aromatic N) is 2. The van der Waals surface area contributed by atoms with Gasteiger partial charge in [0.2, 0.25) is 0 Å². The number of ether oxygens (including phenoxy) is 1. The minimum Gasteiger partial charge on any atom is -0.444 e. The molecule has 2 amide bonds. The molecule has 0 unspecified atom stereocenters. The third-order valence-corrected chi connectivity index (χ3v) is 5.01. The molecule has 0 aromatic carbocycles. The molecule has 0 bridgehead atoms. The molecule has 2 heterocycles. The van der Waals surface area contributed by atoms with Gasteiger partial charge in [0.15, 0.2) is 0 Å². The third kappa shape index (κ3) is 6.56. The summed E-state index contributed by atoms with van der Waals surface area (Å²) in [5.41, 5.74) is 2.43. The lowest BCUT2D eigenvalue weighted by Gasteiger charge is -2.34. The molecule has 1 aliphatic heterocycles. The van der Waals surface area contributed by atoms with E-state index in [1.165, 1.54) is 16.3 Å². The number of carbonyl (C=O) groups excluding carboxylic acids is 2. The number of hydrazine groups is 1. The van der Waals surface area contributed by atoms with Gasteiger partial charge < -0.3 is 10.1 Å². The molecule has 1 aromatic heterocycles. The first kappa shape index (κ1) is 20.1. The van der Waals surface area contributed by atoms with E-state index in [0.717, 1.165) is 17.8 Å². The van der Waals surface area contributed by atoms with E-state index in [1.54, 1.807) is 20.8 Å². The number of aromatic nitrogens is 1. The molecule has 0 saturated carbocycles. The zero-order valence-electron chi connectivity index (χ0n) is 14.7. The highest BCUT2D eigenvalue weighted by Gasteiger charge is 2.31. The van der Waals surface area contributed by atoms with Gasteiger partial charge in [-0.15, -0.1) is 11.3 Å². The summed E-state index contributed by atoms with van der Waals surface area (Å²) in [6.07, 6.45) is 1.46. The summed E-state index contributed by atoms with van der Waals surface area (Å²) in [4.78, 5) is 29.4. The van der Waals surface area contributed by atoms with Gasteiger partial charge in [-0.05, 0) is 56.5 Å². The van der Waals surface area contributed by atoms with Gasteiger partial charge in [0.25, 0.3) is 5.91 Å². The third-order valence-electron chi connectivity index (χ3n) is 3.43. The molecule has 1 radical (unpaired) electrons. The van der Waals surface area contributed by atoms with E-state index in [1.807, 2.05) is 5.38 Å². The van der Waals surface area contributed by atoms with Crippen LogP contribution in [0.4, 0.5) is 4.79 Å². The molecule has 1 fully saturated rings. The number of hydrogen-bond donors (Lipinski definition) is 2. The van der Waals surface area contributed by atoms with Gasteiger partial charge in [-0.1, -0.05) is 0 Å². The van der Waals surface area contributed by atoms with Crippen molar-refractivity contribution in [2.75, 3.05) is 6.54 Å². The first-order valence-corrected chi connectivity index (χ1v) is 9.81. The summed E-state index contributed by atoms with van der Waals surface area (Å²) < 4.78 is 6.00. The van der Waals surface area contributed by atoms with Crippen LogP contribution in [-0.2, 0) is 16.0 Å². The molecule has 9 heteroatoms. The Labute approximate surface area is 160 Å². The van der Waals surface area contributed by atoms with Gasteiger partial charge in [-0.3, -0.25) is 9.80 Å². The molecule has 7 nitrogen and oxygen atoms in total. The molecule has 1 saturated heterocycles. The van der Waals surface area contributed by atoms with Crippen molar-refractivity contribution in [1.29, 1.82) is 0 Å². The largest absolute Gasteiger partial charge is 0.444 e. The fraction of sp³-hybridized carbons (Fsp3) is 0.625. The van der Waals surface area contributed by atoms with Crippen LogP contribution in [0.1, 0.15) is 38.6 Å². The van der Waals surface area contributed by atoms with E-state index < -0.39 is 17.7 Å². The highest BCUT2D eigenvalue weighted by Crippen LogP contribution is 2.18. The Bertz CT molecular complexity index is 617. The van der Waals surface area contributed by atoms with Crippen LogP contribution in [0, 0.1) is 6.92 Å². The van der Waals surface area contributed by atoms with E-state index in [-0.39, 0.29) is 11.9 Å². The number of alkyl carbamates (subject to hydrolysis) is 1. The van der Waals surface area contributed by atoms with Crippen molar-refractivity contribution in [1.82, 2.24) is 20.7 Å². The van der Waals surface area contributed by atoms with Gasteiger partial charge in [-0.25, -0.2) is 15.2 Å². The quantitative estimate of drug-likeness (QED) is 0.765. The van der Waals surface area contributed by atoms with Crippen molar-refractivity contribution in [3.63, 3.8) is 0 Å². The summed E-state index contributed by atoms with van der Waals surface area (Å²) in [6, 6.07) is -0.778. The van der Waals surface area contributed by atoms with Crippen LogP contribution in [0.2, 0.25) is 0 Å². The summed E-state index contributed by atoms with van der Waals surface area (Å²) in [7, 11) is 0. The maximum Gasteiger partial charge on any atom is 0.408 e. The predicted molar refractivity (Wildman–Crippen MR) is 99.9 cm³/mol. The average Bonchev–Trinajstić information content (AvgIpc) is 2.89. The van der Waals surface area contributed by atoms with E-state index in [0.29, 0.717) is 17.6 Å². The molecule has 2 N–H and O–H groups in total. The second-order valence-corrected chi connectivity index (χ2v) is 8.68. The van der Waals surface area contributed by atoms with E-state index >= 15 is 0 Å². The van der Waals surface area contributed by atoms with Gasteiger partial charge in [-0.2, -0.15) is 0 Å². The fourth-order valence-electron chi connectivity index (χ4n) is 2.41. The second kappa shape index (κ2) is 8.46. The van der Waals surface area contributed by atoms with Crippen LogP contribution in [0.3, 0.4) is 0 Å². The number of halogens is 1. The number of hydrogen-bond acceptors (Lipinski definition) is 6. The maximum absolute atomic E-state index is 12.9. The highest BCUT2D eigenvalue weighted by molar-refractivity contribution is 9.10. The van der Waals surface area contributed by atoms with Crippen LogP contribution in [0.5, 0.6) is 0 Å². The maximum atomic E-state index is 12.9. The standard InChI is InChI=1S/C16H24BrN4O3S/c1-10-6-5-7-21(20-10)14(22)11(8-13-19-12(17)9-25-13)18-15(23)24-16(2,3)4/h9-11,20H,1,5-8H2,2-4H3,(H,18,23)/t10-,11-/m0/s1. The predicted octanol–water partition coefficient (Wildman–Crippen LogP) is 2.67. The number of carbonyl (C=O) groups is 2. The first-order valence-electron chi connectivity index (χ1n) is 8.14. The van der Waals surface area contributed by atoms with Gasteiger partial charge in [0.05, 0.1) is 5.01 Å². The summed E-state index contributed by atoms with van der Waals surface area (Å²) in [5, 5.41) is 6.81. The van der Waals surface area contributed by atoms with E-state index in [4.69, 9.17) is 4.74 Å². The smallest absolute Gasteiger partial charge is 0.408 e. The lowest BCUT2D eigenvalue weighted by molar-refractivity contribution is -0.138. The molecular weight excluding hydrogens is 408 g/mol. The molecule has 2 atom stereocenters. The lowest BCUT2D eigenvalue weighted by Crippen LogP contribution is -2.58. The molecule has 139 valence electrons. The van der Waals surface area contributed by atoms with Crippen LogP contribution in [-0.4, -0.2) is 46.2 Å². The number of amides is 2. The Morgan fingerprint density at radius 1 is 1.60 bits per heavy atom. The zero-order valence-corrected chi connectivity index (χ0v) is 17.1. The Morgan fingerprint density at radius 2 is 2.32 bits per heavy atom. The van der Waals surface area contributed by atoms with Crippen LogP contribution >= 0.6 is 27.3 Å². The van der Waals surface area contributed by atoms with Crippen molar-refractivity contribution in [2.24, 2.45) is 0 Å². The molecule has 25 heavy (non-hydrogen) atoms. The number of thiazole rings is 1. The summed E-state index contributed by atoms with van der Waals surface area (Å²) >= 11 is 4.73. The number of nitrogens with one attached hydrogen (secondary N) is 2. The van der Waals surface area contributed by atoms with Crippen molar-refractivity contribution >= 4 is 39.3 Å². The van der Waals surface area contributed by atoms with Crippen molar-refractivity contribution in [3.8, 4) is 0 Å². The minimum absolute atomic E-state index is 0.0196. The summed E-state index contributed by atoms with van der Waals surface area (Å²) in [5.74, 6) is -0.217. The lowest BCUT2D eigenvalue weighted by atomic mass is 10.1. The molecule has 1 aromatic rings. The van der Waals surface area contributed by atoms with Gasteiger partial charge >= 0.3 is 6.09 Å². The Morgan fingerprint density at radius 3 is 2.88 bits per heavy atom. The van der Waals surface area contributed by atoms with Crippen molar-refractivity contribution in [2.45, 2.75) is 57.7 Å². The number of rotatable bonds is 4. The average molecular weight is 432 g/mol. The Hall–Kier alpha value is -1.19. The molecular formula is C16H24BrN4O3S. The van der Waals surface area contributed by atoms with Crippen molar-refractivity contribution in [3.05, 3.63) is 21.9 Å². The molecule has 0 spiro atoms. The minimum atomic E-state index is -0.759. The summed E-state index contributed by atoms with van der Waals surface area (Å²) in [6.45, 7) is 9.87. The van der Waals surface area contributed by atoms with Crippen molar-refractivity contribution < 1.29 is 14.3 Å². The first-order chi connectivity index (χ1) is 11.6. The van der Waals surface area contributed by atoms with E-state index in [9.17, 15) is 9.59 Å². The zero-order chi connectivity index (χ0) is 18.6. The van der Waals surface area contributed by atoms with Crippen LogP contribution < -0.4 is 10.7 Å². The topological polar surface area (TPSA) is 83.6 Å². The van der Waals surface area contributed by atoms with Crippen LogP contribution in [0.15, 0.2) is 9.98 Å². The second-order valence-electron chi connectivity index (χ2n) is 6.93. The van der Waals surface area contributed by atoms with Gasteiger partial charge in [0.1, 0.15) is 16.2 Å². The molecule has 2 rings (SSSR count). The Kier molecular flexibility index (Phi) is 6.81. The highest BCUT2D eigenvalue weighted by atomic mass is 79.9.